The molecule has 0 aliphatic heterocycles. The summed E-state index contributed by atoms with van der Waals surface area (Å²) in [4.78, 5) is 0. The molecule has 15 heavy (non-hydrogen) atoms. The second-order valence-corrected chi connectivity index (χ2v) is 4.38. The molecule has 78 valence electrons. The van der Waals surface area contributed by atoms with Gasteiger partial charge in [-0.2, -0.15) is 0 Å². The fourth-order valence-electron chi connectivity index (χ4n) is 2.27. The van der Waals surface area contributed by atoms with Crippen LogP contribution in [0, 0.1) is 18.3 Å². The van der Waals surface area contributed by atoms with Crippen LogP contribution in [-0.2, 0) is 0 Å². The van der Waals surface area contributed by atoms with Gasteiger partial charge in [-0.05, 0) is 37.0 Å². The highest BCUT2D eigenvalue weighted by atomic mass is 14.9. The molecule has 1 aromatic carbocycles. The second kappa shape index (κ2) is 4.40. The first kappa shape index (κ1) is 10.1. The van der Waals surface area contributed by atoms with Crippen LogP contribution < -0.4 is 5.32 Å². The molecule has 1 nitrogen and oxygen atoms in total. The zero-order valence-corrected chi connectivity index (χ0v) is 9.16. The van der Waals surface area contributed by atoms with E-state index in [2.05, 4.69) is 24.2 Å². The Morgan fingerprint density at radius 3 is 2.93 bits per heavy atom. The summed E-state index contributed by atoms with van der Waals surface area (Å²) in [5.74, 6) is 3.44. The first-order chi connectivity index (χ1) is 7.29. The lowest BCUT2D eigenvalue weighted by atomic mass is 10.1. The van der Waals surface area contributed by atoms with Gasteiger partial charge in [-0.25, -0.2) is 0 Å². The Morgan fingerprint density at radius 2 is 2.27 bits per heavy atom. The van der Waals surface area contributed by atoms with E-state index in [1.807, 2.05) is 18.2 Å². The topological polar surface area (TPSA) is 12.0 Å². The maximum atomic E-state index is 5.38. The van der Waals surface area contributed by atoms with Gasteiger partial charge >= 0.3 is 0 Å². The zero-order chi connectivity index (χ0) is 10.7. The van der Waals surface area contributed by atoms with Crippen molar-refractivity contribution < 1.29 is 0 Å². The molecule has 0 spiro atoms. The van der Waals surface area contributed by atoms with Gasteiger partial charge in [0.15, 0.2) is 0 Å². The van der Waals surface area contributed by atoms with Crippen molar-refractivity contribution in [3.8, 4) is 12.3 Å². The summed E-state index contributed by atoms with van der Waals surface area (Å²) in [6.07, 6.45) is 9.34. The van der Waals surface area contributed by atoms with E-state index in [0.29, 0.717) is 6.04 Å². The zero-order valence-electron chi connectivity index (χ0n) is 9.16. The standard InChI is InChI=1S/C14H17N/c1-3-12-7-5-8-13(10-12)15-14-9-4-6-11(14)2/h1,5,7-8,10-11,14-15H,4,6,9H2,2H3/t11-,14+/m1/s1. The highest BCUT2D eigenvalue weighted by Gasteiger charge is 2.22. The van der Waals surface area contributed by atoms with Gasteiger partial charge in [-0.3, -0.25) is 0 Å². The van der Waals surface area contributed by atoms with E-state index in [4.69, 9.17) is 6.42 Å². The van der Waals surface area contributed by atoms with E-state index in [9.17, 15) is 0 Å². The number of hydrogen-bond donors (Lipinski definition) is 1. The maximum absolute atomic E-state index is 5.38. The molecule has 2 atom stereocenters. The van der Waals surface area contributed by atoms with Crippen LogP contribution in [0.15, 0.2) is 24.3 Å². The van der Waals surface area contributed by atoms with Gasteiger partial charge in [0.2, 0.25) is 0 Å². The lowest BCUT2D eigenvalue weighted by Gasteiger charge is -2.18. The summed E-state index contributed by atoms with van der Waals surface area (Å²) >= 11 is 0. The van der Waals surface area contributed by atoms with Gasteiger partial charge < -0.3 is 5.32 Å². The van der Waals surface area contributed by atoms with Crippen LogP contribution in [0.4, 0.5) is 5.69 Å². The summed E-state index contributed by atoms with van der Waals surface area (Å²) in [7, 11) is 0. The molecule has 0 radical (unpaired) electrons. The molecule has 2 rings (SSSR count). The molecule has 1 heteroatoms. The predicted octanol–water partition coefficient (Wildman–Crippen LogP) is 3.27. The average molecular weight is 199 g/mol. The van der Waals surface area contributed by atoms with Crippen LogP contribution in [-0.4, -0.2) is 6.04 Å². The lowest BCUT2D eigenvalue weighted by molar-refractivity contribution is 0.556. The molecule has 1 fully saturated rings. The van der Waals surface area contributed by atoms with Crippen molar-refractivity contribution in [3.05, 3.63) is 29.8 Å². The summed E-state index contributed by atoms with van der Waals surface area (Å²) in [6.45, 7) is 2.32. The number of nitrogens with one attached hydrogen (secondary N) is 1. The van der Waals surface area contributed by atoms with Crippen molar-refractivity contribution in [1.29, 1.82) is 0 Å². The number of rotatable bonds is 2. The molecule has 1 aliphatic rings. The molecule has 1 aliphatic carbocycles. The van der Waals surface area contributed by atoms with Crippen molar-refractivity contribution in [2.24, 2.45) is 5.92 Å². The maximum Gasteiger partial charge on any atom is 0.0354 e. The van der Waals surface area contributed by atoms with Crippen LogP contribution in [0.3, 0.4) is 0 Å². The minimum Gasteiger partial charge on any atom is -0.382 e. The smallest absolute Gasteiger partial charge is 0.0354 e. The molecule has 1 aromatic rings. The van der Waals surface area contributed by atoms with E-state index in [1.165, 1.54) is 19.3 Å². The third-order valence-corrected chi connectivity index (χ3v) is 3.24. The number of benzene rings is 1. The first-order valence-corrected chi connectivity index (χ1v) is 5.63. The third-order valence-electron chi connectivity index (χ3n) is 3.24. The molecule has 0 heterocycles. The Morgan fingerprint density at radius 1 is 1.40 bits per heavy atom. The molecule has 1 saturated carbocycles. The van der Waals surface area contributed by atoms with Gasteiger partial charge in [0.25, 0.3) is 0 Å². The van der Waals surface area contributed by atoms with Crippen LogP contribution in [0.2, 0.25) is 0 Å². The fraction of sp³-hybridized carbons (Fsp3) is 0.429. The fourth-order valence-corrected chi connectivity index (χ4v) is 2.27. The Balaban J connectivity index is 2.07. The van der Waals surface area contributed by atoms with Gasteiger partial charge in [-0.15, -0.1) is 6.42 Å². The highest BCUT2D eigenvalue weighted by molar-refractivity contribution is 5.50. The van der Waals surface area contributed by atoms with Crippen molar-refractivity contribution in [3.63, 3.8) is 0 Å². The first-order valence-electron chi connectivity index (χ1n) is 5.63. The molecular weight excluding hydrogens is 182 g/mol. The van der Waals surface area contributed by atoms with Gasteiger partial charge in [0.1, 0.15) is 0 Å². The summed E-state index contributed by atoms with van der Waals surface area (Å²) in [5, 5.41) is 3.57. The van der Waals surface area contributed by atoms with Crippen LogP contribution in [0.5, 0.6) is 0 Å². The highest BCUT2D eigenvalue weighted by Crippen LogP contribution is 2.28. The Kier molecular flexibility index (Phi) is 2.97. The summed E-state index contributed by atoms with van der Waals surface area (Å²) < 4.78 is 0. The van der Waals surface area contributed by atoms with Crippen molar-refractivity contribution in [2.75, 3.05) is 5.32 Å². The van der Waals surface area contributed by atoms with Crippen molar-refractivity contribution in [2.45, 2.75) is 32.2 Å². The van der Waals surface area contributed by atoms with Gasteiger partial charge in [-0.1, -0.05) is 25.3 Å². The second-order valence-electron chi connectivity index (χ2n) is 4.38. The average Bonchev–Trinajstić information content (AvgIpc) is 2.65. The monoisotopic (exact) mass is 199 g/mol. The van der Waals surface area contributed by atoms with Crippen LogP contribution >= 0.6 is 0 Å². The molecule has 0 unspecified atom stereocenters. The third kappa shape index (κ3) is 2.33. The van der Waals surface area contributed by atoms with Gasteiger partial charge in [0, 0.05) is 17.3 Å². The minimum atomic E-state index is 0.623. The van der Waals surface area contributed by atoms with Crippen molar-refractivity contribution >= 4 is 5.69 Å². The van der Waals surface area contributed by atoms with Crippen molar-refractivity contribution in [1.82, 2.24) is 0 Å². The quantitative estimate of drug-likeness (QED) is 0.721. The predicted molar refractivity (Wildman–Crippen MR) is 64.8 cm³/mol. The molecule has 1 N–H and O–H groups in total. The Bertz CT molecular complexity index is 375. The molecule has 0 bridgehead atoms. The van der Waals surface area contributed by atoms with Crippen LogP contribution in [0.25, 0.3) is 0 Å². The number of anilines is 1. The summed E-state index contributed by atoms with van der Waals surface area (Å²) in [6, 6.07) is 8.73. The molecule has 0 saturated heterocycles. The van der Waals surface area contributed by atoms with Crippen LogP contribution in [0.1, 0.15) is 31.7 Å². The normalized spacial score (nSPS) is 24.8. The SMILES string of the molecule is C#Cc1cccc(N[C@H]2CCC[C@H]2C)c1. The van der Waals surface area contributed by atoms with E-state index in [-0.39, 0.29) is 0 Å². The summed E-state index contributed by atoms with van der Waals surface area (Å²) in [5.41, 5.74) is 2.11. The Labute approximate surface area is 91.9 Å². The Hall–Kier alpha value is -1.42. The van der Waals surface area contributed by atoms with E-state index < -0.39 is 0 Å². The number of hydrogen-bond acceptors (Lipinski definition) is 1. The minimum absolute atomic E-state index is 0.623. The van der Waals surface area contributed by atoms with E-state index in [0.717, 1.165) is 17.2 Å². The van der Waals surface area contributed by atoms with E-state index >= 15 is 0 Å². The molecule has 0 amide bonds. The van der Waals surface area contributed by atoms with Gasteiger partial charge in [0.05, 0.1) is 0 Å². The lowest BCUT2D eigenvalue weighted by Crippen LogP contribution is -2.21. The number of terminal acetylenes is 1. The largest absolute Gasteiger partial charge is 0.382 e. The molecular formula is C14H17N. The van der Waals surface area contributed by atoms with E-state index in [1.54, 1.807) is 0 Å². The molecule has 0 aromatic heterocycles.